The predicted octanol–water partition coefficient (Wildman–Crippen LogP) is 6.67. The van der Waals surface area contributed by atoms with Gasteiger partial charge in [0, 0.05) is 48.7 Å². The highest BCUT2D eigenvalue weighted by molar-refractivity contribution is 9.10. The molecule has 1 aliphatic carbocycles. The second-order valence-corrected chi connectivity index (χ2v) is 10.2. The van der Waals surface area contributed by atoms with Crippen LogP contribution in [0.5, 0.6) is 0 Å². The quantitative estimate of drug-likeness (QED) is 0.331. The van der Waals surface area contributed by atoms with Gasteiger partial charge < -0.3 is 15.0 Å². The highest BCUT2D eigenvalue weighted by Crippen LogP contribution is 2.40. The molecule has 1 N–H and O–H groups in total. The Morgan fingerprint density at radius 2 is 1.89 bits per heavy atom. The molecule has 0 heterocycles. The Morgan fingerprint density at radius 3 is 2.54 bits per heavy atom. The standard InChI is InChI=1S/C28H32BrClN2O3/c1-4-15-31-27(34)22-11-12-25(21-9-7-6-8-10-21)26(17-22)32(20(3)33)19-23-18-24(30)13-14-28(23,29)35-16-5-2/h6-14,17-18,23H,4-5,15-16,19H2,1-3H3,(H,31,34). The van der Waals surface area contributed by atoms with E-state index in [1.54, 1.807) is 23.1 Å². The van der Waals surface area contributed by atoms with Crippen LogP contribution in [0.2, 0.25) is 0 Å². The fraction of sp³-hybridized carbons (Fsp3) is 0.357. The van der Waals surface area contributed by atoms with Gasteiger partial charge in [0.15, 0.2) is 0 Å². The molecule has 0 radical (unpaired) electrons. The van der Waals surface area contributed by atoms with Gasteiger partial charge in [-0.05, 0) is 58.6 Å². The van der Waals surface area contributed by atoms with Gasteiger partial charge in [0.1, 0.15) is 4.51 Å². The van der Waals surface area contributed by atoms with E-state index in [2.05, 4.69) is 21.2 Å². The molecular weight excluding hydrogens is 528 g/mol. The Bertz CT molecular complexity index is 1100. The van der Waals surface area contributed by atoms with Gasteiger partial charge in [-0.3, -0.25) is 9.59 Å². The van der Waals surface area contributed by atoms with E-state index in [4.69, 9.17) is 16.3 Å². The maximum atomic E-state index is 13.1. The summed E-state index contributed by atoms with van der Waals surface area (Å²) in [7, 11) is 0. The van der Waals surface area contributed by atoms with Gasteiger partial charge in [0.2, 0.25) is 5.91 Å². The third-order valence-electron chi connectivity index (χ3n) is 5.79. The van der Waals surface area contributed by atoms with E-state index in [1.807, 2.05) is 62.4 Å². The van der Waals surface area contributed by atoms with Gasteiger partial charge >= 0.3 is 0 Å². The summed E-state index contributed by atoms with van der Waals surface area (Å²) in [5, 5.41) is 3.51. The number of nitrogens with one attached hydrogen (secondary N) is 1. The fourth-order valence-electron chi connectivity index (χ4n) is 3.96. The Labute approximate surface area is 221 Å². The van der Waals surface area contributed by atoms with E-state index < -0.39 is 4.51 Å². The van der Waals surface area contributed by atoms with Crippen LogP contribution in [0.3, 0.4) is 0 Å². The number of allylic oxidation sites excluding steroid dienone is 2. The highest BCUT2D eigenvalue weighted by Gasteiger charge is 2.38. The first kappa shape index (κ1) is 27.2. The monoisotopic (exact) mass is 558 g/mol. The number of anilines is 1. The van der Waals surface area contributed by atoms with Gasteiger partial charge in [0.05, 0.1) is 5.69 Å². The SMILES string of the molecule is CCCNC(=O)c1ccc(-c2ccccc2)c(N(CC2C=C(Cl)C=CC2(Br)OCCC)C(C)=O)c1. The third-order valence-corrected chi connectivity index (χ3v) is 7.13. The molecule has 35 heavy (non-hydrogen) atoms. The number of ether oxygens (including phenoxy) is 1. The van der Waals surface area contributed by atoms with Crippen molar-refractivity contribution in [3.05, 3.63) is 77.4 Å². The summed E-state index contributed by atoms with van der Waals surface area (Å²) in [4.78, 5) is 27.5. The minimum atomic E-state index is -0.794. The minimum absolute atomic E-state index is 0.141. The van der Waals surface area contributed by atoms with Crippen molar-refractivity contribution in [3.63, 3.8) is 0 Å². The number of halogens is 2. The number of rotatable bonds is 10. The molecule has 2 aromatic carbocycles. The van der Waals surface area contributed by atoms with Crippen LogP contribution in [0.4, 0.5) is 5.69 Å². The van der Waals surface area contributed by atoms with Crippen molar-refractivity contribution in [2.24, 2.45) is 5.92 Å². The van der Waals surface area contributed by atoms with E-state index in [0.29, 0.717) is 36.0 Å². The number of hydrogen-bond donors (Lipinski definition) is 1. The number of alkyl halides is 1. The number of nitrogens with zero attached hydrogens (tertiary/aromatic N) is 1. The largest absolute Gasteiger partial charge is 0.359 e. The lowest BCUT2D eigenvalue weighted by Gasteiger charge is -2.37. The van der Waals surface area contributed by atoms with Crippen LogP contribution in [0.15, 0.2) is 71.8 Å². The third kappa shape index (κ3) is 6.84. The van der Waals surface area contributed by atoms with Crippen molar-refractivity contribution in [1.29, 1.82) is 0 Å². The number of carbonyl (C=O) groups excluding carboxylic acids is 2. The van der Waals surface area contributed by atoms with Crippen molar-refractivity contribution in [2.45, 2.75) is 38.1 Å². The Balaban J connectivity index is 2.07. The van der Waals surface area contributed by atoms with Crippen LogP contribution < -0.4 is 10.2 Å². The fourth-order valence-corrected chi connectivity index (χ4v) is 4.75. The van der Waals surface area contributed by atoms with Gasteiger partial charge in [-0.25, -0.2) is 0 Å². The lowest BCUT2D eigenvalue weighted by Crippen LogP contribution is -2.43. The van der Waals surface area contributed by atoms with Gasteiger partial charge in [-0.2, -0.15) is 0 Å². The maximum Gasteiger partial charge on any atom is 0.251 e. The first-order chi connectivity index (χ1) is 16.8. The van der Waals surface area contributed by atoms with Gasteiger partial charge in [-0.1, -0.05) is 67.9 Å². The van der Waals surface area contributed by atoms with Gasteiger partial charge in [0.25, 0.3) is 5.91 Å². The zero-order valence-corrected chi connectivity index (χ0v) is 22.7. The van der Waals surface area contributed by atoms with Crippen LogP contribution in [-0.4, -0.2) is 36.0 Å². The number of hydrogen-bond acceptors (Lipinski definition) is 3. The van der Waals surface area contributed by atoms with Crippen molar-refractivity contribution in [1.82, 2.24) is 5.32 Å². The molecule has 0 saturated carbocycles. The van der Waals surface area contributed by atoms with E-state index >= 15 is 0 Å². The molecule has 2 unspecified atom stereocenters. The number of amides is 2. The first-order valence-corrected chi connectivity index (χ1v) is 13.1. The number of benzene rings is 2. The molecule has 0 aromatic heterocycles. The summed E-state index contributed by atoms with van der Waals surface area (Å²) < 4.78 is 5.35. The molecule has 2 atom stereocenters. The van der Waals surface area contributed by atoms with Crippen molar-refractivity contribution in [2.75, 3.05) is 24.6 Å². The molecule has 1 aliphatic rings. The van der Waals surface area contributed by atoms with E-state index in [-0.39, 0.29) is 17.7 Å². The molecule has 186 valence electrons. The molecule has 0 fully saturated rings. The zero-order chi connectivity index (χ0) is 25.4. The van der Waals surface area contributed by atoms with Crippen LogP contribution in [0, 0.1) is 5.92 Å². The molecular formula is C28H32BrClN2O3. The average molecular weight is 560 g/mol. The molecule has 2 amide bonds. The second kappa shape index (κ2) is 12.5. The van der Waals surface area contributed by atoms with Crippen LogP contribution in [0.25, 0.3) is 11.1 Å². The lowest BCUT2D eigenvalue weighted by atomic mass is 9.94. The highest BCUT2D eigenvalue weighted by atomic mass is 79.9. The molecule has 0 aliphatic heterocycles. The Hall–Kier alpha value is -2.41. The average Bonchev–Trinajstić information content (AvgIpc) is 2.86. The minimum Gasteiger partial charge on any atom is -0.359 e. The number of carbonyl (C=O) groups is 2. The summed E-state index contributed by atoms with van der Waals surface area (Å²) in [6, 6.07) is 15.3. The Morgan fingerprint density at radius 1 is 1.14 bits per heavy atom. The normalized spacial score (nSPS) is 19.2. The van der Waals surface area contributed by atoms with Crippen molar-refractivity contribution < 1.29 is 14.3 Å². The first-order valence-electron chi connectivity index (χ1n) is 11.9. The van der Waals surface area contributed by atoms with Crippen LogP contribution >= 0.6 is 27.5 Å². The molecule has 0 bridgehead atoms. The van der Waals surface area contributed by atoms with Crippen LogP contribution in [0.1, 0.15) is 44.0 Å². The summed E-state index contributed by atoms with van der Waals surface area (Å²) in [5.74, 6) is -0.560. The topological polar surface area (TPSA) is 58.6 Å². The lowest BCUT2D eigenvalue weighted by molar-refractivity contribution is -0.116. The van der Waals surface area contributed by atoms with E-state index in [9.17, 15) is 9.59 Å². The molecule has 7 heteroatoms. The molecule has 5 nitrogen and oxygen atoms in total. The maximum absolute atomic E-state index is 13.1. The smallest absolute Gasteiger partial charge is 0.251 e. The molecule has 0 spiro atoms. The summed E-state index contributed by atoms with van der Waals surface area (Å²) >= 11 is 10.1. The van der Waals surface area contributed by atoms with E-state index in [0.717, 1.165) is 24.0 Å². The second-order valence-electron chi connectivity index (χ2n) is 8.52. The van der Waals surface area contributed by atoms with Crippen LogP contribution in [-0.2, 0) is 9.53 Å². The molecule has 2 aromatic rings. The van der Waals surface area contributed by atoms with Crippen molar-refractivity contribution in [3.8, 4) is 11.1 Å². The molecule has 0 saturated heterocycles. The summed E-state index contributed by atoms with van der Waals surface area (Å²) in [6.07, 6.45) is 7.29. The molecule has 3 rings (SSSR count). The zero-order valence-electron chi connectivity index (χ0n) is 20.4. The summed E-state index contributed by atoms with van der Waals surface area (Å²) in [5.41, 5.74) is 2.99. The van der Waals surface area contributed by atoms with Crippen molar-refractivity contribution >= 4 is 45.0 Å². The summed E-state index contributed by atoms with van der Waals surface area (Å²) in [6.45, 7) is 7.04. The predicted molar refractivity (Wildman–Crippen MR) is 147 cm³/mol. The van der Waals surface area contributed by atoms with Gasteiger partial charge in [-0.15, -0.1) is 0 Å². The Kier molecular flexibility index (Phi) is 9.72. The van der Waals surface area contributed by atoms with E-state index in [1.165, 1.54) is 6.92 Å².